The van der Waals surface area contributed by atoms with Crippen molar-refractivity contribution in [2.24, 2.45) is 0 Å². The molecule has 0 aromatic heterocycles. The van der Waals surface area contributed by atoms with E-state index in [1.54, 1.807) is 25.3 Å². The maximum Gasteiger partial charge on any atom is 0.244 e. The van der Waals surface area contributed by atoms with Crippen LogP contribution in [0.25, 0.3) is 0 Å². The van der Waals surface area contributed by atoms with Gasteiger partial charge in [0.05, 0.1) is 39.7 Å². The summed E-state index contributed by atoms with van der Waals surface area (Å²) in [6.45, 7) is 5.78. The van der Waals surface area contributed by atoms with Gasteiger partial charge in [-0.1, -0.05) is 0 Å². The molecule has 8 heteroatoms. The molecule has 0 aliphatic carbocycles. The number of methoxy groups -OCH3 is 2. The van der Waals surface area contributed by atoms with Gasteiger partial charge in [0.2, 0.25) is 11.8 Å². The van der Waals surface area contributed by atoms with Crippen molar-refractivity contribution in [3.63, 3.8) is 0 Å². The molecule has 2 amide bonds. The Kier molecular flexibility index (Phi) is 7.68. The van der Waals surface area contributed by atoms with Crippen LogP contribution in [0.5, 0.6) is 11.5 Å². The van der Waals surface area contributed by atoms with Crippen LogP contribution in [0, 0.1) is 0 Å². The van der Waals surface area contributed by atoms with E-state index in [1.165, 1.54) is 18.9 Å². The summed E-state index contributed by atoms with van der Waals surface area (Å²) in [5.74, 6) is 0.721. The highest BCUT2D eigenvalue weighted by molar-refractivity contribution is 5.95. The van der Waals surface area contributed by atoms with Gasteiger partial charge in [-0.3, -0.25) is 14.5 Å². The quantitative estimate of drug-likeness (QED) is 0.735. The summed E-state index contributed by atoms with van der Waals surface area (Å²) < 4.78 is 15.7. The second-order valence-corrected chi connectivity index (χ2v) is 6.01. The number of hydrogen-bond acceptors (Lipinski definition) is 6. The summed E-state index contributed by atoms with van der Waals surface area (Å²) in [6, 6.07) is 5.15. The lowest BCUT2D eigenvalue weighted by Crippen LogP contribution is -2.44. The van der Waals surface area contributed by atoms with E-state index in [2.05, 4.69) is 10.2 Å². The van der Waals surface area contributed by atoms with Crippen molar-refractivity contribution in [1.29, 1.82) is 0 Å². The van der Waals surface area contributed by atoms with E-state index in [0.717, 1.165) is 19.6 Å². The van der Waals surface area contributed by atoms with E-state index in [0.29, 0.717) is 36.9 Å². The first-order chi connectivity index (χ1) is 12.5. The van der Waals surface area contributed by atoms with Crippen LogP contribution in [-0.2, 0) is 14.3 Å². The Hall–Kier alpha value is -2.32. The first-order valence-corrected chi connectivity index (χ1v) is 8.61. The number of nitrogens with zero attached hydrogens (tertiary/aromatic N) is 2. The molecule has 144 valence electrons. The third-order valence-electron chi connectivity index (χ3n) is 4.25. The van der Waals surface area contributed by atoms with Crippen molar-refractivity contribution in [3.05, 3.63) is 18.2 Å². The smallest absolute Gasteiger partial charge is 0.244 e. The first kappa shape index (κ1) is 20.0. The van der Waals surface area contributed by atoms with Crippen molar-refractivity contribution < 1.29 is 23.8 Å². The molecule has 1 aliphatic rings. The third kappa shape index (κ3) is 5.89. The van der Waals surface area contributed by atoms with Crippen LogP contribution in [0.4, 0.5) is 5.69 Å². The molecule has 1 heterocycles. The van der Waals surface area contributed by atoms with E-state index >= 15 is 0 Å². The van der Waals surface area contributed by atoms with Gasteiger partial charge in [-0.25, -0.2) is 0 Å². The zero-order chi connectivity index (χ0) is 18.9. The number of carbonyl (C=O) groups excluding carboxylic acids is 2. The van der Waals surface area contributed by atoms with Crippen molar-refractivity contribution in [1.82, 2.24) is 9.80 Å². The predicted molar refractivity (Wildman–Crippen MR) is 97.7 cm³/mol. The zero-order valence-electron chi connectivity index (χ0n) is 15.6. The maximum absolute atomic E-state index is 12.4. The normalized spacial score (nSPS) is 14.6. The average molecular weight is 365 g/mol. The van der Waals surface area contributed by atoms with E-state index in [1.807, 2.05) is 0 Å². The van der Waals surface area contributed by atoms with Crippen molar-refractivity contribution >= 4 is 17.5 Å². The van der Waals surface area contributed by atoms with Gasteiger partial charge in [-0.2, -0.15) is 0 Å². The summed E-state index contributed by atoms with van der Waals surface area (Å²) in [5.41, 5.74) is 0.508. The fourth-order valence-corrected chi connectivity index (χ4v) is 2.71. The van der Waals surface area contributed by atoms with Crippen LogP contribution in [0.15, 0.2) is 18.2 Å². The van der Waals surface area contributed by atoms with Crippen LogP contribution in [-0.4, -0.2) is 81.8 Å². The molecule has 1 aliphatic heterocycles. The van der Waals surface area contributed by atoms with E-state index in [4.69, 9.17) is 14.2 Å². The Morgan fingerprint density at radius 1 is 1.23 bits per heavy atom. The highest BCUT2D eigenvalue weighted by Crippen LogP contribution is 2.28. The molecule has 1 aromatic carbocycles. The number of morpholine rings is 1. The Bertz CT molecular complexity index is 617. The Morgan fingerprint density at radius 3 is 2.58 bits per heavy atom. The van der Waals surface area contributed by atoms with Crippen molar-refractivity contribution in [2.75, 3.05) is 65.5 Å². The summed E-state index contributed by atoms with van der Waals surface area (Å²) >= 11 is 0. The van der Waals surface area contributed by atoms with Crippen LogP contribution in [0.2, 0.25) is 0 Å². The molecular weight excluding hydrogens is 338 g/mol. The summed E-state index contributed by atoms with van der Waals surface area (Å²) in [7, 11) is 3.08. The molecular formula is C18H27N3O5. The molecule has 0 bridgehead atoms. The lowest BCUT2D eigenvalue weighted by molar-refractivity contribution is -0.133. The number of benzene rings is 1. The molecule has 0 saturated carbocycles. The van der Waals surface area contributed by atoms with E-state index < -0.39 is 0 Å². The van der Waals surface area contributed by atoms with Crippen LogP contribution >= 0.6 is 0 Å². The second kappa shape index (κ2) is 9.98. The molecule has 0 atom stereocenters. The molecule has 0 spiro atoms. The number of rotatable bonds is 8. The van der Waals surface area contributed by atoms with Gasteiger partial charge in [0.25, 0.3) is 0 Å². The predicted octanol–water partition coefficient (Wildman–Crippen LogP) is 0.823. The van der Waals surface area contributed by atoms with Crippen molar-refractivity contribution in [2.45, 2.75) is 6.92 Å². The number of carbonyl (C=O) groups is 2. The fraction of sp³-hybridized carbons (Fsp3) is 0.556. The molecule has 0 unspecified atom stereocenters. The lowest BCUT2D eigenvalue weighted by atomic mass is 10.2. The molecule has 1 fully saturated rings. The number of amides is 2. The average Bonchev–Trinajstić information content (AvgIpc) is 2.65. The second-order valence-electron chi connectivity index (χ2n) is 6.01. The largest absolute Gasteiger partial charge is 0.497 e. The summed E-state index contributed by atoms with van der Waals surface area (Å²) in [5, 5.41) is 2.79. The Balaban J connectivity index is 1.93. The zero-order valence-corrected chi connectivity index (χ0v) is 15.6. The summed E-state index contributed by atoms with van der Waals surface area (Å²) in [4.78, 5) is 28.1. The lowest BCUT2D eigenvalue weighted by Gasteiger charge is -2.29. The Morgan fingerprint density at radius 2 is 1.96 bits per heavy atom. The van der Waals surface area contributed by atoms with Gasteiger partial charge in [0.15, 0.2) is 0 Å². The van der Waals surface area contributed by atoms with Gasteiger partial charge < -0.3 is 24.4 Å². The SMILES string of the molecule is COc1ccc(OC)c(NC(=O)CN(CCN2CCOCC2)C(C)=O)c1. The fourth-order valence-electron chi connectivity index (χ4n) is 2.71. The van der Waals surface area contributed by atoms with Crippen molar-refractivity contribution in [3.8, 4) is 11.5 Å². The topological polar surface area (TPSA) is 80.3 Å². The van der Waals surface area contributed by atoms with Crippen LogP contribution in [0.3, 0.4) is 0 Å². The number of ether oxygens (including phenoxy) is 3. The minimum atomic E-state index is -0.284. The highest BCUT2D eigenvalue weighted by Gasteiger charge is 2.18. The van der Waals surface area contributed by atoms with Crippen LogP contribution in [0.1, 0.15) is 6.92 Å². The molecule has 26 heavy (non-hydrogen) atoms. The minimum Gasteiger partial charge on any atom is -0.497 e. The minimum absolute atomic E-state index is 0.0139. The number of hydrogen-bond donors (Lipinski definition) is 1. The number of nitrogens with one attached hydrogen (secondary N) is 1. The third-order valence-corrected chi connectivity index (χ3v) is 4.25. The van der Waals surface area contributed by atoms with Gasteiger partial charge in [0, 0.05) is 39.2 Å². The van der Waals surface area contributed by atoms with Gasteiger partial charge in [-0.15, -0.1) is 0 Å². The monoisotopic (exact) mass is 365 g/mol. The number of anilines is 1. The van der Waals surface area contributed by atoms with Gasteiger partial charge >= 0.3 is 0 Å². The molecule has 8 nitrogen and oxygen atoms in total. The summed E-state index contributed by atoms with van der Waals surface area (Å²) in [6.07, 6.45) is 0. The highest BCUT2D eigenvalue weighted by atomic mass is 16.5. The standard InChI is InChI=1S/C18H27N3O5/c1-14(22)21(7-6-20-8-10-26-11-9-20)13-18(23)19-16-12-15(24-2)4-5-17(16)25-3/h4-5,12H,6-11,13H2,1-3H3,(H,19,23). The van der Waals surface area contributed by atoms with Gasteiger partial charge in [-0.05, 0) is 12.1 Å². The van der Waals surface area contributed by atoms with Crippen LogP contribution < -0.4 is 14.8 Å². The maximum atomic E-state index is 12.4. The molecule has 1 N–H and O–H groups in total. The first-order valence-electron chi connectivity index (χ1n) is 8.61. The van der Waals surface area contributed by atoms with E-state index in [-0.39, 0.29) is 18.4 Å². The molecule has 1 aromatic rings. The van der Waals surface area contributed by atoms with E-state index in [9.17, 15) is 9.59 Å². The molecule has 2 rings (SSSR count). The van der Waals surface area contributed by atoms with Gasteiger partial charge in [0.1, 0.15) is 11.5 Å². The molecule has 0 radical (unpaired) electrons. The molecule has 1 saturated heterocycles. The Labute approximate surface area is 154 Å².